The maximum atomic E-state index is 3.69. The minimum atomic E-state index is 0.466. The molecule has 1 saturated carbocycles. The molecule has 0 radical (unpaired) electrons. The maximum absolute atomic E-state index is 3.69. The molecule has 0 saturated heterocycles. The van der Waals surface area contributed by atoms with Gasteiger partial charge in [0.25, 0.3) is 0 Å². The van der Waals surface area contributed by atoms with Crippen LogP contribution in [0, 0.1) is 12.8 Å². The van der Waals surface area contributed by atoms with Gasteiger partial charge >= 0.3 is 0 Å². The predicted molar refractivity (Wildman–Crippen MR) is 69.5 cm³/mol. The quantitative estimate of drug-likeness (QED) is 0.790. The summed E-state index contributed by atoms with van der Waals surface area (Å²) in [6, 6.07) is 9.91. The Kier molecular flexibility index (Phi) is 3.65. The summed E-state index contributed by atoms with van der Waals surface area (Å²) in [6.07, 6.45) is 4.24. The van der Waals surface area contributed by atoms with Gasteiger partial charge in [-0.05, 0) is 38.7 Å². The molecule has 0 bridgehead atoms. The van der Waals surface area contributed by atoms with Crippen molar-refractivity contribution in [3.05, 3.63) is 35.4 Å². The van der Waals surface area contributed by atoms with Crippen LogP contribution in [0.2, 0.25) is 0 Å². The summed E-state index contributed by atoms with van der Waals surface area (Å²) < 4.78 is 0. The van der Waals surface area contributed by atoms with E-state index in [0.717, 1.165) is 5.92 Å². The van der Waals surface area contributed by atoms with Crippen molar-refractivity contribution in [2.45, 2.75) is 52.1 Å². The smallest absolute Gasteiger partial charge is 0.0294 e. The Bertz CT molecular complexity index is 341. The van der Waals surface area contributed by atoms with Gasteiger partial charge in [0.15, 0.2) is 0 Å². The molecule has 0 aliphatic heterocycles. The first-order valence-electron chi connectivity index (χ1n) is 6.48. The lowest BCUT2D eigenvalue weighted by atomic mass is 10.0. The topological polar surface area (TPSA) is 12.0 Å². The molecule has 0 heterocycles. The van der Waals surface area contributed by atoms with Crippen LogP contribution in [0.5, 0.6) is 0 Å². The fourth-order valence-corrected chi connectivity index (χ4v) is 2.38. The summed E-state index contributed by atoms with van der Waals surface area (Å²) in [7, 11) is 0. The number of nitrogens with one attached hydrogen (secondary N) is 1. The highest BCUT2D eigenvalue weighted by atomic mass is 14.9. The number of hydrogen-bond acceptors (Lipinski definition) is 1. The van der Waals surface area contributed by atoms with E-state index in [0.29, 0.717) is 12.1 Å². The first kappa shape index (κ1) is 11.7. The van der Waals surface area contributed by atoms with E-state index in [2.05, 4.69) is 50.4 Å². The van der Waals surface area contributed by atoms with Gasteiger partial charge in [0.05, 0.1) is 0 Å². The standard InChI is InChI=1S/C15H23N/c1-11-5-4-6-15(9-11)13(3)16-12(2)10-14-7-8-14/h4-6,9,12-14,16H,7-8,10H2,1-3H3/t12?,13-/m1/s1. The van der Waals surface area contributed by atoms with Crippen LogP contribution in [0.25, 0.3) is 0 Å². The Balaban J connectivity index is 1.88. The van der Waals surface area contributed by atoms with Crippen molar-refractivity contribution in [2.24, 2.45) is 5.92 Å². The van der Waals surface area contributed by atoms with Crippen LogP contribution in [-0.4, -0.2) is 6.04 Å². The van der Waals surface area contributed by atoms with Gasteiger partial charge in [-0.1, -0.05) is 42.7 Å². The van der Waals surface area contributed by atoms with E-state index < -0.39 is 0 Å². The van der Waals surface area contributed by atoms with E-state index in [1.54, 1.807) is 0 Å². The number of hydrogen-bond donors (Lipinski definition) is 1. The average molecular weight is 217 g/mol. The number of rotatable bonds is 5. The number of benzene rings is 1. The summed E-state index contributed by atoms with van der Waals surface area (Å²) in [6.45, 7) is 6.73. The average Bonchev–Trinajstić information content (AvgIpc) is 3.01. The first-order valence-corrected chi connectivity index (χ1v) is 6.48. The second kappa shape index (κ2) is 5.01. The molecule has 1 nitrogen and oxygen atoms in total. The van der Waals surface area contributed by atoms with E-state index in [1.165, 1.54) is 30.4 Å². The lowest BCUT2D eigenvalue weighted by Gasteiger charge is -2.20. The molecule has 88 valence electrons. The minimum Gasteiger partial charge on any atom is -0.308 e. The van der Waals surface area contributed by atoms with Gasteiger partial charge < -0.3 is 5.32 Å². The molecule has 2 atom stereocenters. The Hall–Kier alpha value is -0.820. The third-order valence-corrected chi connectivity index (χ3v) is 3.46. The largest absolute Gasteiger partial charge is 0.308 e. The molecule has 0 spiro atoms. The fourth-order valence-electron chi connectivity index (χ4n) is 2.38. The molecule has 1 aliphatic carbocycles. The highest BCUT2D eigenvalue weighted by Gasteiger charge is 2.24. The van der Waals surface area contributed by atoms with Gasteiger partial charge in [-0.3, -0.25) is 0 Å². The second-order valence-electron chi connectivity index (χ2n) is 5.38. The molecule has 1 aromatic rings. The highest BCUT2D eigenvalue weighted by Crippen LogP contribution is 2.33. The first-order chi connectivity index (χ1) is 7.65. The van der Waals surface area contributed by atoms with Crippen LogP contribution in [0.15, 0.2) is 24.3 Å². The van der Waals surface area contributed by atoms with Crippen molar-refractivity contribution >= 4 is 0 Å². The van der Waals surface area contributed by atoms with Gasteiger partial charge in [0, 0.05) is 12.1 Å². The molecule has 0 aromatic heterocycles. The minimum absolute atomic E-state index is 0.466. The maximum Gasteiger partial charge on any atom is 0.0294 e. The Morgan fingerprint density at radius 3 is 2.69 bits per heavy atom. The summed E-state index contributed by atoms with van der Waals surface area (Å²) in [4.78, 5) is 0. The Morgan fingerprint density at radius 1 is 1.31 bits per heavy atom. The molecular weight excluding hydrogens is 194 g/mol. The van der Waals surface area contributed by atoms with E-state index in [4.69, 9.17) is 0 Å². The van der Waals surface area contributed by atoms with Gasteiger partial charge in [-0.2, -0.15) is 0 Å². The van der Waals surface area contributed by atoms with Gasteiger partial charge in [-0.15, -0.1) is 0 Å². The second-order valence-corrected chi connectivity index (χ2v) is 5.38. The van der Waals surface area contributed by atoms with E-state index in [1.807, 2.05) is 0 Å². The molecule has 1 heteroatoms. The summed E-state index contributed by atoms with van der Waals surface area (Å²) in [5.41, 5.74) is 2.75. The SMILES string of the molecule is Cc1cccc([C@@H](C)NC(C)CC2CC2)c1. The molecule has 1 aliphatic rings. The normalized spacial score (nSPS) is 19.4. The van der Waals surface area contributed by atoms with E-state index in [9.17, 15) is 0 Å². The fraction of sp³-hybridized carbons (Fsp3) is 0.600. The monoisotopic (exact) mass is 217 g/mol. The molecule has 1 unspecified atom stereocenters. The third kappa shape index (κ3) is 3.34. The van der Waals surface area contributed by atoms with Gasteiger partial charge in [0.1, 0.15) is 0 Å². The lowest BCUT2D eigenvalue weighted by molar-refractivity contribution is 0.438. The van der Waals surface area contributed by atoms with Crippen molar-refractivity contribution in [3.63, 3.8) is 0 Å². The zero-order valence-electron chi connectivity index (χ0n) is 10.7. The molecule has 0 amide bonds. The molecule has 2 rings (SSSR count). The highest BCUT2D eigenvalue weighted by molar-refractivity contribution is 5.24. The molecule has 1 aromatic carbocycles. The van der Waals surface area contributed by atoms with Crippen LogP contribution in [0.4, 0.5) is 0 Å². The zero-order chi connectivity index (χ0) is 11.5. The summed E-state index contributed by atoms with van der Waals surface area (Å²) in [5.74, 6) is 1.01. The van der Waals surface area contributed by atoms with Crippen molar-refractivity contribution in [3.8, 4) is 0 Å². The Labute approximate surface area is 99.3 Å². The summed E-state index contributed by atoms with van der Waals surface area (Å²) >= 11 is 0. The molecular formula is C15H23N. The Morgan fingerprint density at radius 2 is 2.06 bits per heavy atom. The van der Waals surface area contributed by atoms with Crippen LogP contribution in [0.1, 0.15) is 50.3 Å². The van der Waals surface area contributed by atoms with Gasteiger partial charge in [-0.25, -0.2) is 0 Å². The summed E-state index contributed by atoms with van der Waals surface area (Å²) in [5, 5.41) is 3.69. The van der Waals surface area contributed by atoms with Crippen LogP contribution in [-0.2, 0) is 0 Å². The number of aryl methyl sites for hydroxylation is 1. The third-order valence-electron chi connectivity index (χ3n) is 3.46. The molecule has 1 fully saturated rings. The van der Waals surface area contributed by atoms with Crippen LogP contribution >= 0.6 is 0 Å². The van der Waals surface area contributed by atoms with Crippen LogP contribution < -0.4 is 5.32 Å². The molecule has 16 heavy (non-hydrogen) atoms. The van der Waals surface area contributed by atoms with Crippen molar-refractivity contribution < 1.29 is 0 Å². The van der Waals surface area contributed by atoms with Crippen molar-refractivity contribution in [1.82, 2.24) is 5.32 Å². The lowest BCUT2D eigenvalue weighted by Crippen LogP contribution is -2.29. The van der Waals surface area contributed by atoms with Crippen molar-refractivity contribution in [1.29, 1.82) is 0 Å². The molecule has 1 N–H and O–H groups in total. The van der Waals surface area contributed by atoms with Gasteiger partial charge in [0.2, 0.25) is 0 Å². The van der Waals surface area contributed by atoms with E-state index >= 15 is 0 Å². The predicted octanol–water partition coefficient (Wildman–Crippen LogP) is 3.83. The van der Waals surface area contributed by atoms with Crippen LogP contribution in [0.3, 0.4) is 0 Å². The zero-order valence-corrected chi connectivity index (χ0v) is 10.7. The van der Waals surface area contributed by atoms with Crippen molar-refractivity contribution in [2.75, 3.05) is 0 Å². The van der Waals surface area contributed by atoms with E-state index in [-0.39, 0.29) is 0 Å².